The number of nitro benzene ring substituents is 1. The number of hydrogen-bond acceptors (Lipinski definition) is 4. The molecule has 6 nitrogen and oxygen atoms in total. The number of nitrogens with zero attached hydrogens (tertiary/aromatic N) is 3. The number of rotatable bonds is 6. The van der Waals surface area contributed by atoms with Gasteiger partial charge in [-0.25, -0.2) is 4.98 Å². The highest BCUT2D eigenvalue weighted by Crippen LogP contribution is 2.32. The number of pyridine rings is 1. The van der Waals surface area contributed by atoms with E-state index in [1.54, 1.807) is 12.1 Å². The Morgan fingerprint density at radius 1 is 1.30 bits per heavy atom. The number of benzene rings is 1. The van der Waals surface area contributed by atoms with Gasteiger partial charge in [0.25, 0.3) is 0 Å². The highest BCUT2D eigenvalue weighted by molar-refractivity contribution is 5.68. The number of aromatic nitrogens is 2. The third-order valence-corrected chi connectivity index (χ3v) is 3.57. The standard InChI is InChI=1S/C17H17N3O3/c1-2-3-10-23-16-8-7-13(11-15(16)20(21)22)14-12-19-9-5-4-6-17(19)18-14/h4-9,11-12H,2-3,10H2,1H3. The van der Waals surface area contributed by atoms with E-state index in [2.05, 4.69) is 4.98 Å². The predicted molar refractivity (Wildman–Crippen MR) is 87.7 cm³/mol. The maximum atomic E-state index is 11.3. The summed E-state index contributed by atoms with van der Waals surface area (Å²) in [5.74, 6) is 0.302. The zero-order valence-corrected chi connectivity index (χ0v) is 12.8. The summed E-state index contributed by atoms with van der Waals surface area (Å²) in [5.41, 5.74) is 2.16. The van der Waals surface area contributed by atoms with Gasteiger partial charge >= 0.3 is 5.69 Å². The van der Waals surface area contributed by atoms with E-state index in [-0.39, 0.29) is 5.69 Å². The average Bonchev–Trinajstić information content (AvgIpc) is 2.99. The molecule has 0 aliphatic heterocycles. The Hall–Kier alpha value is -2.89. The van der Waals surface area contributed by atoms with E-state index in [0.717, 1.165) is 18.5 Å². The molecule has 3 rings (SSSR count). The van der Waals surface area contributed by atoms with Crippen LogP contribution in [0.4, 0.5) is 5.69 Å². The lowest BCUT2D eigenvalue weighted by Crippen LogP contribution is -2.00. The number of fused-ring (bicyclic) bond motifs is 1. The van der Waals surface area contributed by atoms with Crippen molar-refractivity contribution in [1.82, 2.24) is 9.38 Å². The minimum Gasteiger partial charge on any atom is -0.487 e. The van der Waals surface area contributed by atoms with Gasteiger partial charge in [0.15, 0.2) is 5.75 Å². The van der Waals surface area contributed by atoms with Crippen LogP contribution in [0.25, 0.3) is 16.9 Å². The summed E-state index contributed by atoms with van der Waals surface area (Å²) in [4.78, 5) is 15.4. The fourth-order valence-corrected chi connectivity index (χ4v) is 2.34. The molecule has 0 aliphatic rings. The molecule has 0 radical (unpaired) electrons. The molecule has 1 aromatic carbocycles. The van der Waals surface area contributed by atoms with Gasteiger partial charge in [-0.1, -0.05) is 19.4 Å². The first-order valence-corrected chi connectivity index (χ1v) is 7.54. The lowest BCUT2D eigenvalue weighted by Gasteiger charge is -2.07. The van der Waals surface area contributed by atoms with Gasteiger partial charge in [-0.3, -0.25) is 10.1 Å². The lowest BCUT2D eigenvalue weighted by molar-refractivity contribution is -0.385. The summed E-state index contributed by atoms with van der Waals surface area (Å²) in [6.45, 7) is 2.52. The molecule has 0 unspecified atom stereocenters. The smallest absolute Gasteiger partial charge is 0.311 e. The van der Waals surface area contributed by atoms with Crippen LogP contribution in [0.1, 0.15) is 19.8 Å². The highest BCUT2D eigenvalue weighted by atomic mass is 16.6. The Balaban J connectivity index is 1.96. The second kappa shape index (κ2) is 6.48. The van der Waals surface area contributed by atoms with E-state index in [0.29, 0.717) is 23.6 Å². The first-order valence-electron chi connectivity index (χ1n) is 7.54. The van der Waals surface area contributed by atoms with Gasteiger partial charge in [0, 0.05) is 24.0 Å². The van der Waals surface area contributed by atoms with Crippen LogP contribution in [0.5, 0.6) is 5.75 Å². The third-order valence-electron chi connectivity index (χ3n) is 3.57. The van der Waals surface area contributed by atoms with Gasteiger partial charge in [0.2, 0.25) is 0 Å². The first kappa shape index (κ1) is 15.0. The number of nitro groups is 1. The van der Waals surface area contributed by atoms with Crippen LogP contribution in [-0.2, 0) is 0 Å². The topological polar surface area (TPSA) is 69.7 Å². The van der Waals surface area contributed by atoms with Crippen molar-refractivity contribution in [3.63, 3.8) is 0 Å². The molecule has 0 saturated heterocycles. The van der Waals surface area contributed by atoms with Crippen molar-refractivity contribution < 1.29 is 9.66 Å². The molecule has 118 valence electrons. The van der Waals surface area contributed by atoms with Crippen LogP contribution in [0.15, 0.2) is 48.8 Å². The van der Waals surface area contributed by atoms with Crippen LogP contribution >= 0.6 is 0 Å². The first-order chi connectivity index (χ1) is 11.2. The van der Waals surface area contributed by atoms with Gasteiger partial charge in [-0.05, 0) is 30.7 Å². The third kappa shape index (κ3) is 3.15. The van der Waals surface area contributed by atoms with Gasteiger partial charge in [0.05, 0.1) is 17.2 Å². The Bertz CT molecular complexity index is 809. The Kier molecular flexibility index (Phi) is 4.23. The molecule has 2 heterocycles. The Morgan fingerprint density at radius 2 is 2.17 bits per heavy atom. The van der Waals surface area contributed by atoms with Crippen LogP contribution in [0.2, 0.25) is 0 Å². The van der Waals surface area contributed by atoms with Gasteiger partial charge < -0.3 is 9.14 Å². The van der Waals surface area contributed by atoms with Crippen molar-refractivity contribution in [3.05, 3.63) is 58.9 Å². The summed E-state index contributed by atoms with van der Waals surface area (Å²) in [5, 5.41) is 11.3. The summed E-state index contributed by atoms with van der Waals surface area (Å²) in [6.07, 6.45) is 5.59. The predicted octanol–water partition coefficient (Wildman–Crippen LogP) is 4.09. The highest BCUT2D eigenvalue weighted by Gasteiger charge is 2.17. The zero-order valence-electron chi connectivity index (χ0n) is 12.8. The lowest BCUT2D eigenvalue weighted by atomic mass is 10.1. The SMILES string of the molecule is CCCCOc1ccc(-c2cn3ccccc3n2)cc1[N+](=O)[O-]. The zero-order chi connectivity index (χ0) is 16.2. The van der Waals surface area contributed by atoms with Gasteiger partial charge in [0.1, 0.15) is 5.65 Å². The van der Waals surface area contributed by atoms with E-state index in [1.807, 2.05) is 41.9 Å². The molecule has 0 aliphatic carbocycles. The second-order valence-electron chi connectivity index (χ2n) is 5.23. The number of unbranched alkanes of at least 4 members (excludes halogenated alkanes) is 1. The maximum Gasteiger partial charge on any atom is 0.311 e. The molecule has 0 atom stereocenters. The van der Waals surface area contributed by atoms with Crippen LogP contribution < -0.4 is 4.74 Å². The monoisotopic (exact) mass is 311 g/mol. The molecule has 0 N–H and O–H groups in total. The summed E-state index contributed by atoms with van der Waals surface area (Å²) in [6, 6.07) is 10.7. The van der Waals surface area contributed by atoms with E-state index < -0.39 is 4.92 Å². The van der Waals surface area contributed by atoms with Crippen molar-refractivity contribution in [2.45, 2.75) is 19.8 Å². The van der Waals surface area contributed by atoms with E-state index in [9.17, 15) is 10.1 Å². The van der Waals surface area contributed by atoms with E-state index in [1.165, 1.54) is 6.07 Å². The van der Waals surface area contributed by atoms with Gasteiger partial charge in [-0.2, -0.15) is 0 Å². The fourth-order valence-electron chi connectivity index (χ4n) is 2.34. The molecular formula is C17H17N3O3. The van der Waals surface area contributed by atoms with E-state index in [4.69, 9.17) is 4.74 Å². The van der Waals surface area contributed by atoms with Crippen LogP contribution in [0.3, 0.4) is 0 Å². The second-order valence-corrected chi connectivity index (χ2v) is 5.23. The number of hydrogen-bond donors (Lipinski definition) is 0. The van der Waals surface area contributed by atoms with Gasteiger partial charge in [-0.15, -0.1) is 0 Å². The summed E-state index contributed by atoms with van der Waals surface area (Å²) >= 11 is 0. The van der Waals surface area contributed by atoms with Crippen molar-refractivity contribution in [2.24, 2.45) is 0 Å². The average molecular weight is 311 g/mol. The van der Waals surface area contributed by atoms with Crippen molar-refractivity contribution in [3.8, 4) is 17.0 Å². The Labute approximate surface area is 133 Å². The minimum atomic E-state index is -0.416. The van der Waals surface area contributed by atoms with Crippen molar-refractivity contribution >= 4 is 11.3 Å². The number of imidazole rings is 1. The molecule has 0 amide bonds. The van der Waals surface area contributed by atoms with Crippen molar-refractivity contribution in [2.75, 3.05) is 6.61 Å². The van der Waals surface area contributed by atoms with Crippen LogP contribution in [0, 0.1) is 10.1 Å². The molecule has 0 bridgehead atoms. The minimum absolute atomic E-state index is 0.0318. The Morgan fingerprint density at radius 3 is 2.91 bits per heavy atom. The quantitative estimate of drug-likeness (QED) is 0.390. The van der Waals surface area contributed by atoms with Crippen LogP contribution in [-0.4, -0.2) is 20.9 Å². The number of ether oxygens (including phenoxy) is 1. The van der Waals surface area contributed by atoms with E-state index >= 15 is 0 Å². The fraction of sp³-hybridized carbons (Fsp3) is 0.235. The molecule has 0 fully saturated rings. The molecule has 6 heteroatoms. The largest absolute Gasteiger partial charge is 0.487 e. The summed E-state index contributed by atoms with van der Waals surface area (Å²) in [7, 11) is 0. The molecule has 23 heavy (non-hydrogen) atoms. The van der Waals surface area contributed by atoms with Crippen molar-refractivity contribution in [1.29, 1.82) is 0 Å². The molecule has 2 aromatic heterocycles. The molecule has 0 saturated carbocycles. The molecule has 0 spiro atoms. The molecular weight excluding hydrogens is 294 g/mol. The maximum absolute atomic E-state index is 11.3. The normalized spacial score (nSPS) is 10.8. The summed E-state index contributed by atoms with van der Waals surface area (Å²) < 4.78 is 7.40. The molecule has 3 aromatic rings.